The first-order valence-electron chi connectivity index (χ1n) is 8.98. The van der Waals surface area contributed by atoms with Crippen molar-refractivity contribution < 1.29 is 0 Å². The van der Waals surface area contributed by atoms with Crippen molar-refractivity contribution in [1.82, 2.24) is 0 Å². The average Bonchev–Trinajstić information content (AvgIpc) is 3.12. The summed E-state index contributed by atoms with van der Waals surface area (Å²) in [6.45, 7) is 4.49. The van der Waals surface area contributed by atoms with Crippen molar-refractivity contribution in [2.75, 3.05) is 16.8 Å². The Balaban J connectivity index is 1.76. The molecule has 25 heavy (non-hydrogen) atoms. The van der Waals surface area contributed by atoms with Gasteiger partial charge in [0, 0.05) is 18.3 Å². The Bertz CT molecular complexity index is 989. The van der Waals surface area contributed by atoms with Gasteiger partial charge in [-0.05, 0) is 54.7 Å². The van der Waals surface area contributed by atoms with E-state index in [1.54, 1.807) is 0 Å². The van der Waals surface area contributed by atoms with Crippen LogP contribution in [0.5, 0.6) is 0 Å². The molecule has 0 saturated heterocycles. The second-order valence-electron chi connectivity index (χ2n) is 7.20. The van der Waals surface area contributed by atoms with E-state index >= 15 is 0 Å². The van der Waals surface area contributed by atoms with E-state index in [1.165, 1.54) is 44.9 Å². The lowest BCUT2D eigenvalue weighted by molar-refractivity contribution is 0.733. The van der Waals surface area contributed by atoms with Crippen molar-refractivity contribution in [2.24, 2.45) is 0 Å². The van der Waals surface area contributed by atoms with Crippen molar-refractivity contribution >= 4 is 17.1 Å². The third-order valence-electron chi connectivity index (χ3n) is 5.83. The van der Waals surface area contributed by atoms with E-state index in [1.807, 2.05) is 0 Å². The molecule has 1 heterocycles. The van der Waals surface area contributed by atoms with Gasteiger partial charge in [-0.15, -0.1) is 0 Å². The molecule has 0 N–H and O–H groups in total. The predicted molar refractivity (Wildman–Crippen MR) is 106 cm³/mol. The predicted octanol–water partition coefficient (Wildman–Crippen LogP) is 5.50. The van der Waals surface area contributed by atoms with Gasteiger partial charge in [0.25, 0.3) is 0 Å². The molecule has 0 spiro atoms. The molecule has 2 nitrogen and oxygen atoms in total. The molecule has 0 radical (unpaired) electrons. The third-order valence-corrected chi connectivity index (χ3v) is 5.83. The van der Waals surface area contributed by atoms with Crippen LogP contribution < -0.4 is 9.80 Å². The van der Waals surface area contributed by atoms with Crippen LogP contribution in [0.15, 0.2) is 60.7 Å². The van der Waals surface area contributed by atoms with Crippen LogP contribution in [0, 0.1) is 6.92 Å². The van der Waals surface area contributed by atoms with Crippen molar-refractivity contribution in [3.8, 4) is 11.1 Å². The maximum atomic E-state index is 2.48. The smallest absolute Gasteiger partial charge is 0.103 e. The first kappa shape index (κ1) is 14.6. The average molecular weight is 326 g/mol. The first-order valence-corrected chi connectivity index (χ1v) is 8.98. The summed E-state index contributed by atoms with van der Waals surface area (Å²) in [6.07, 6.45) is 1.35. The van der Waals surface area contributed by atoms with Crippen LogP contribution in [0.4, 0.5) is 17.1 Å². The molecule has 1 atom stereocenters. The van der Waals surface area contributed by atoms with Crippen LogP contribution in [-0.4, -0.2) is 13.2 Å². The Morgan fingerprint density at radius 2 is 1.60 bits per heavy atom. The van der Waals surface area contributed by atoms with Gasteiger partial charge in [-0.2, -0.15) is 0 Å². The summed E-state index contributed by atoms with van der Waals surface area (Å²) in [7, 11) is 2.23. The zero-order chi connectivity index (χ0) is 17.1. The highest BCUT2D eigenvalue weighted by Crippen LogP contribution is 2.53. The number of para-hydroxylation sites is 1. The lowest BCUT2D eigenvalue weighted by Gasteiger charge is -2.29. The van der Waals surface area contributed by atoms with E-state index in [0.717, 1.165) is 6.42 Å². The van der Waals surface area contributed by atoms with Gasteiger partial charge in [-0.25, -0.2) is 0 Å². The topological polar surface area (TPSA) is 6.48 Å². The van der Waals surface area contributed by atoms with Gasteiger partial charge in [0.1, 0.15) is 6.17 Å². The first-order chi connectivity index (χ1) is 12.2. The largest absolute Gasteiger partial charge is 0.352 e. The van der Waals surface area contributed by atoms with Crippen LogP contribution in [0.2, 0.25) is 0 Å². The number of nitrogens with zero attached hydrogens (tertiary/aromatic N) is 2. The van der Waals surface area contributed by atoms with Gasteiger partial charge in [0.15, 0.2) is 0 Å². The van der Waals surface area contributed by atoms with Gasteiger partial charge in [-0.3, -0.25) is 0 Å². The van der Waals surface area contributed by atoms with E-state index < -0.39 is 0 Å². The molecule has 0 bridgehead atoms. The van der Waals surface area contributed by atoms with E-state index in [-0.39, 0.29) is 0 Å². The molecule has 3 aromatic carbocycles. The molecule has 1 aliphatic carbocycles. The number of hydrogen-bond donors (Lipinski definition) is 0. The lowest BCUT2D eigenvalue weighted by atomic mass is 10.0. The molecule has 0 fully saturated rings. The summed E-state index contributed by atoms with van der Waals surface area (Å²) >= 11 is 0. The molecule has 5 rings (SSSR count). The summed E-state index contributed by atoms with van der Waals surface area (Å²) in [6, 6.07) is 22.2. The summed E-state index contributed by atoms with van der Waals surface area (Å²) in [5, 5.41) is 0. The Kier molecular flexibility index (Phi) is 2.99. The minimum atomic E-state index is 0.301. The molecular weight excluding hydrogens is 304 g/mol. The molecule has 0 aromatic heterocycles. The maximum Gasteiger partial charge on any atom is 0.103 e. The summed E-state index contributed by atoms with van der Waals surface area (Å²) in [5.41, 5.74) is 11.0. The normalized spacial score (nSPS) is 17.5. The molecular formula is C23H22N2. The van der Waals surface area contributed by atoms with Crippen molar-refractivity contribution in [3.05, 3.63) is 77.4 Å². The summed E-state index contributed by atoms with van der Waals surface area (Å²) in [5.74, 6) is 0. The third kappa shape index (κ3) is 1.91. The SMILES string of the molecule is Cc1ccccc1N1c2ccc3c(c2N(C)[C@@H]1C)-c1ccccc1C3. The van der Waals surface area contributed by atoms with Crippen LogP contribution in [0.1, 0.15) is 23.6 Å². The standard InChI is InChI=1S/C23H22N2/c1-15-8-4-7-11-20(15)25-16(2)24(3)23-21(25)13-12-18-14-17-9-5-6-10-19(17)22(18)23/h4-13,16H,14H2,1-3H3/t16-/m0/s1. The van der Waals surface area contributed by atoms with E-state index in [0.29, 0.717) is 6.17 Å². The molecule has 1 aliphatic heterocycles. The number of aryl methyl sites for hydroxylation is 1. The minimum Gasteiger partial charge on any atom is -0.352 e. The highest BCUT2D eigenvalue weighted by molar-refractivity contribution is 5.98. The second kappa shape index (κ2) is 5.13. The van der Waals surface area contributed by atoms with Gasteiger partial charge < -0.3 is 9.80 Å². The Morgan fingerprint density at radius 3 is 2.44 bits per heavy atom. The van der Waals surface area contributed by atoms with Crippen LogP contribution >= 0.6 is 0 Å². The molecule has 0 saturated carbocycles. The zero-order valence-electron chi connectivity index (χ0n) is 15.0. The molecule has 2 aliphatic rings. The van der Waals surface area contributed by atoms with Crippen LogP contribution in [0.3, 0.4) is 0 Å². The summed E-state index contributed by atoms with van der Waals surface area (Å²) < 4.78 is 0. The monoisotopic (exact) mass is 326 g/mol. The zero-order valence-corrected chi connectivity index (χ0v) is 15.0. The number of benzene rings is 3. The Hall–Kier alpha value is -2.74. The molecule has 0 unspecified atom stereocenters. The quantitative estimate of drug-likeness (QED) is 0.456. The van der Waals surface area contributed by atoms with Crippen molar-refractivity contribution in [3.63, 3.8) is 0 Å². The molecule has 0 amide bonds. The fraction of sp³-hybridized carbons (Fsp3) is 0.217. The molecule has 2 heteroatoms. The second-order valence-corrected chi connectivity index (χ2v) is 7.20. The fourth-order valence-electron chi connectivity index (χ4n) is 4.47. The van der Waals surface area contributed by atoms with Gasteiger partial charge in [-0.1, -0.05) is 48.5 Å². The highest BCUT2D eigenvalue weighted by Gasteiger charge is 2.36. The van der Waals surface area contributed by atoms with Crippen LogP contribution in [-0.2, 0) is 6.42 Å². The van der Waals surface area contributed by atoms with E-state index in [9.17, 15) is 0 Å². The van der Waals surface area contributed by atoms with Crippen LogP contribution in [0.25, 0.3) is 11.1 Å². The number of fused-ring (bicyclic) bond motifs is 5. The molecule has 124 valence electrons. The van der Waals surface area contributed by atoms with Gasteiger partial charge in [0.05, 0.1) is 11.4 Å². The minimum absolute atomic E-state index is 0.301. The maximum absolute atomic E-state index is 2.48. The number of hydrogen-bond acceptors (Lipinski definition) is 2. The Labute approximate surface area is 149 Å². The highest BCUT2D eigenvalue weighted by atomic mass is 15.4. The number of rotatable bonds is 1. The van der Waals surface area contributed by atoms with Gasteiger partial charge in [0.2, 0.25) is 0 Å². The molecule has 3 aromatic rings. The van der Waals surface area contributed by atoms with Crippen molar-refractivity contribution in [1.29, 1.82) is 0 Å². The Morgan fingerprint density at radius 1 is 0.840 bits per heavy atom. The summed E-state index contributed by atoms with van der Waals surface area (Å²) in [4.78, 5) is 4.91. The van der Waals surface area contributed by atoms with E-state index in [4.69, 9.17) is 0 Å². The van der Waals surface area contributed by atoms with Crippen molar-refractivity contribution in [2.45, 2.75) is 26.4 Å². The fourth-order valence-corrected chi connectivity index (χ4v) is 4.47. The van der Waals surface area contributed by atoms with E-state index in [2.05, 4.69) is 91.4 Å². The lowest BCUT2D eigenvalue weighted by Crippen LogP contribution is -2.36. The number of anilines is 3. The van der Waals surface area contributed by atoms with Gasteiger partial charge >= 0.3 is 0 Å².